The van der Waals surface area contributed by atoms with E-state index in [1.54, 1.807) is 11.3 Å². The lowest BCUT2D eigenvalue weighted by Crippen LogP contribution is -2.38. The molecule has 0 saturated carbocycles. The second-order valence-electron chi connectivity index (χ2n) is 5.95. The molecule has 2 heterocycles. The molecule has 0 aliphatic rings. The Kier molecular flexibility index (Phi) is 4.96. The van der Waals surface area contributed by atoms with Crippen LogP contribution in [0.2, 0.25) is 0 Å². The third kappa shape index (κ3) is 4.16. The van der Waals surface area contributed by atoms with Gasteiger partial charge in [0.1, 0.15) is 0 Å². The van der Waals surface area contributed by atoms with E-state index in [9.17, 15) is 5.11 Å². The summed E-state index contributed by atoms with van der Waals surface area (Å²) in [6.45, 7) is 7.42. The largest absolute Gasteiger partial charge is 0.389 e. The lowest BCUT2D eigenvalue weighted by atomic mass is 9.94. The molecule has 4 nitrogen and oxygen atoms in total. The van der Waals surface area contributed by atoms with E-state index in [0.29, 0.717) is 19.0 Å². The molecule has 2 aromatic rings. The second kappa shape index (κ2) is 6.52. The van der Waals surface area contributed by atoms with Crippen molar-refractivity contribution in [3.63, 3.8) is 0 Å². The third-order valence-corrected chi connectivity index (χ3v) is 4.04. The summed E-state index contributed by atoms with van der Waals surface area (Å²) in [5.41, 5.74) is 1.53. The van der Waals surface area contributed by atoms with Crippen molar-refractivity contribution >= 4 is 11.3 Å². The van der Waals surface area contributed by atoms with Gasteiger partial charge in [-0.15, -0.1) is 11.3 Å². The zero-order valence-corrected chi connectivity index (χ0v) is 13.1. The second-order valence-corrected chi connectivity index (χ2v) is 6.89. The molecule has 1 atom stereocenters. The van der Waals surface area contributed by atoms with Crippen molar-refractivity contribution in [3.05, 3.63) is 29.3 Å². The molecule has 0 aliphatic carbocycles. The first-order valence-corrected chi connectivity index (χ1v) is 7.85. The average molecular weight is 293 g/mol. The van der Waals surface area contributed by atoms with Crippen LogP contribution in [0.15, 0.2) is 23.7 Å². The van der Waals surface area contributed by atoms with Crippen molar-refractivity contribution in [1.82, 2.24) is 15.5 Å². The van der Waals surface area contributed by atoms with Gasteiger partial charge in [0, 0.05) is 18.7 Å². The summed E-state index contributed by atoms with van der Waals surface area (Å²) < 4.78 is 0. The first kappa shape index (κ1) is 15.2. The highest BCUT2D eigenvalue weighted by Gasteiger charge is 2.21. The van der Waals surface area contributed by atoms with Gasteiger partial charge < -0.3 is 10.4 Å². The van der Waals surface area contributed by atoms with Crippen LogP contribution in [-0.2, 0) is 6.54 Å². The zero-order chi connectivity index (χ0) is 14.6. The molecule has 2 aromatic heterocycles. The molecule has 0 bridgehead atoms. The van der Waals surface area contributed by atoms with Crippen LogP contribution < -0.4 is 5.32 Å². The SMILES string of the molecule is CC(C)CC(C)(O)CNCc1cn[nH]c1-c1cccs1. The van der Waals surface area contributed by atoms with Gasteiger partial charge >= 0.3 is 0 Å². The average Bonchev–Trinajstić information content (AvgIpc) is 2.95. The van der Waals surface area contributed by atoms with Crippen molar-refractivity contribution < 1.29 is 5.11 Å². The number of thiophene rings is 1. The Balaban J connectivity index is 1.91. The van der Waals surface area contributed by atoms with Gasteiger partial charge in [-0.2, -0.15) is 5.10 Å². The van der Waals surface area contributed by atoms with Crippen LogP contribution in [0.1, 0.15) is 32.8 Å². The highest BCUT2D eigenvalue weighted by atomic mass is 32.1. The Bertz CT molecular complexity index is 517. The summed E-state index contributed by atoms with van der Waals surface area (Å²) in [7, 11) is 0. The summed E-state index contributed by atoms with van der Waals surface area (Å²) in [5, 5.41) is 22.8. The lowest BCUT2D eigenvalue weighted by molar-refractivity contribution is 0.0383. The van der Waals surface area contributed by atoms with Gasteiger partial charge in [0.15, 0.2) is 0 Å². The highest BCUT2D eigenvalue weighted by Crippen LogP contribution is 2.25. The van der Waals surface area contributed by atoms with Gasteiger partial charge in [-0.3, -0.25) is 5.10 Å². The molecule has 0 saturated heterocycles. The van der Waals surface area contributed by atoms with E-state index in [1.807, 2.05) is 19.2 Å². The fourth-order valence-corrected chi connectivity index (χ4v) is 3.25. The molecule has 0 spiro atoms. The van der Waals surface area contributed by atoms with Gasteiger partial charge in [-0.05, 0) is 30.7 Å². The predicted octanol–water partition coefficient (Wildman–Crippen LogP) is 3.02. The van der Waals surface area contributed by atoms with Crippen molar-refractivity contribution in [2.75, 3.05) is 6.54 Å². The molecule has 3 N–H and O–H groups in total. The standard InChI is InChI=1S/C15H23N3OS/c1-11(2)7-15(3,19)10-16-8-12-9-17-18-14(12)13-5-4-6-20-13/h4-6,9,11,16,19H,7-8,10H2,1-3H3,(H,17,18). The fraction of sp³-hybridized carbons (Fsp3) is 0.533. The van der Waals surface area contributed by atoms with Crippen LogP contribution in [0, 0.1) is 5.92 Å². The smallest absolute Gasteiger partial charge is 0.0794 e. The van der Waals surface area contributed by atoms with Crippen LogP contribution in [0.25, 0.3) is 10.6 Å². The van der Waals surface area contributed by atoms with E-state index in [0.717, 1.165) is 17.7 Å². The molecular weight excluding hydrogens is 270 g/mol. The minimum absolute atomic E-state index is 0.488. The van der Waals surface area contributed by atoms with E-state index in [4.69, 9.17) is 0 Å². The van der Waals surface area contributed by atoms with E-state index in [-0.39, 0.29) is 0 Å². The molecule has 0 aromatic carbocycles. The predicted molar refractivity (Wildman–Crippen MR) is 83.7 cm³/mol. The Morgan fingerprint density at radius 3 is 2.95 bits per heavy atom. The van der Waals surface area contributed by atoms with Crippen molar-refractivity contribution in [1.29, 1.82) is 0 Å². The van der Waals surface area contributed by atoms with Crippen LogP contribution in [0.3, 0.4) is 0 Å². The van der Waals surface area contributed by atoms with Gasteiger partial charge in [-0.1, -0.05) is 19.9 Å². The summed E-state index contributed by atoms with van der Waals surface area (Å²) in [5.74, 6) is 0.488. The molecule has 0 fully saturated rings. The lowest BCUT2D eigenvalue weighted by Gasteiger charge is -2.25. The number of H-pyrrole nitrogens is 1. The van der Waals surface area contributed by atoms with Gasteiger partial charge in [-0.25, -0.2) is 0 Å². The number of rotatable bonds is 7. The van der Waals surface area contributed by atoms with E-state index < -0.39 is 5.60 Å². The van der Waals surface area contributed by atoms with Crippen molar-refractivity contribution in [2.24, 2.45) is 5.92 Å². The molecule has 5 heteroatoms. The Hall–Kier alpha value is -1.17. The Labute approximate surface area is 124 Å². The third-order valence-electron chi connectivity index (χ3n) is 3.15. The number of hydrogen-bond donors (Lipinski definition) is 3. The van der Waals surface area contributed by atoms with Gasteiger partial charge in [0.05, 0.1) is 22.4 Å². The number of hydrogen-bond acceptors (Lipinski definition) is 4. The van der Waals surface area contributed by atoms with Crippen LogP contribution in [0.4, 0.5) is 0 Å². The molecular formula is C15H23N3OS. The first-order valence-electron chi connectivity index (χ1n) is 6.97. The van der Waals surface area contributed by atoms with Crippen LogP contribution in [0.5, 0.6) is 0 Å². The molecule has 20 heavy (non-hydrogen) atoms. The highest BCUT2D eigenvalue weighted by molar-refractivity contribution is 7.13. The summed E-state index contributed by atoms with van der Waals surface area (Å²) in [6, 6.07) is 4.11. The topological polar surface area (TPSA) is 60.9 Å². The quantitative estimate of drug-likeness (QED) is 0.735. The van der Waals surface area contributed by atoms with E-state index in [2.05, 4.69) is 40.8 Å². The number of nitrogens with one attached hydrogen (secondary N) is 2. The monoisotopic (exact) mass is 293 g/mol. The van der Waals surface area contributed by atoms with Gasteiger partial charge in [0.25, 0.3) is 0 Å². The minimum Gasteiger partial charge on any atom is -0.389 e. The maximum atomic E-state index is 10.3. The number of aromatic amines is 1. The Morgan fingerprint density at radius 1 is 1.50 bits per heavy atom. The molecule has 0 amide bonds. The van der Waals surface area contributed by atoms with Crippen molar-refractivity contribution in [3.8, 4) is 10.6 Å². The fourth-order valence-electron chi connectivity index (χ4n) is 2.50. The molecule has 2 rings (SSSR count). The number of aliphatic hydroxyl groups is 1. The maximum absolute atomic E-state index is 10.3. The summed E-state index contributed by atoms with van der Waals surface area (Å²) in [6.07, 6.45) is 2.64. The van der Waals surface area contributed by atoms with Crippen LogP contribution in [-0.4, -0.2) is 27.4 Å². The zero-order valence-electron chi connectivity index (χ0n) is 12.3. The molecule has 1 unspecified atom stereocenters. The summed E-state index contributed by atoms with van der Waals surface area (Å²) >= 11 is 1.69. The normalized spacial score (nSPS) is 14.7. The molecule has 0 aliphatic heterocycles. The Morgan fingerprint density at radius 2 is 2.30 bits per heavy atom. The van der Waals surface area contributed by atoms with E-state index >= 15 is 0 Å². The molecule has 0 radical (unpaired) electrons. The summed E-state index contributed by atoms with van der Waals surface area (Å²) in [4.78, 5) is 1.19. The number of nitrogens with zero attached hydrogens (tertiary/aromatic N) is 1. The van der Waals surface area contributed by atoms with Gasteiger partial charge in [0.2, 0.25) is 0 Å². The van der Waals surface area contributed by atoms with E-state index in [1.165, 1.54) is 4.88 Å². The van der Waals surface area contributed by atoms with Crippen LogP contribution >= 0.6 is 11.3 Å². The maximum Gasteiger partial charge on any atom is 0.0794 e. The molecule has 110 valence electrons. The number of aromatic nitrogens is 2. The minimum atomic E-state index is -0.666. The van der Waals surface area contributed by atoms with Crippen molar-refractivity contribution in [2.45, 2.75) is 39.3 Å². The first-order chi connectivity index (χ1) is 9.48.